The molecule has 0 aromatic heterocycles. The molecule has 2 amide bonds. The highest BCUT2D eigenvalue weighted by Crippen LogP contribution is 2.25. The Balaban J connectivity index is 3.05. The van der Waals surface area contributed by atoms with E-state index in [1.165, 1.54) is 12.0 Å². The Labute approximate surface area is 180 Å². The number of nitrogens with zero attached hydrogens (tertiary/aromatic N) is 1. The van der Waals surface area contributed by atoms with Gasteiger partial charge in [-0.25, -0.2) is 9.59 Å². The maximum atomic E-state index is 13.4. The highest BCUT2D eigenvalue weighted by atomic mass is 16.6. The van der Waals surface area contributed by atoms with Gasteiger partial charge in [-0.05, 0) is 51.9 Å². The van der Waals surface area contributed by atoms with Crippen molar-refractivity contribution in [1.29, 1.82) is 0 Å². The van der Waals surface area contributed by atoms with Crippen LogP contribution in [0.1, 0.15) is 60.3 Å². The molecule has 2 N–H and O–H groups in total. The third-order valence-corrected chi connectivity index (χ3v) is 5.18. The van der Waals surface area contributed by atoms with Crippen molar-refractivity contribution in [3.63, 3.8) is 0 Å². The second-order valence-electron chi connectivity index (χ2n) is 9.23. The van der Waals surface area contributed by atoms with Crippen molar-refractivity contribution in [2.45, 2.75) is 84.1 Å². The number of aliphatic hydroxyl groups is 1. The summed E-state index contributed by atoms with van der Waals surface area (Å²) in [5, 5.41) is 12.7. The number of nitrogens with one attached hydrogen (secondary N) is 1. The van der Waals surface area contributed by atoms with Crippen LogP contribution in [0.25, 0.3) is 0 Å². The molecule has 1 rings (SSSR count). The number of alkyl carbamates (subject to hydrolysis) is 1. The first-order chi connectivity index (χ1) is 13.9. The lowest BCUT2D eigenvalue weighted by Gasteiger charge is -2.32. The number of methoxy groups -OCH3 is 1. The molecule has 0 bridgehead atoms. The third kappa shape index (κ3) is 7.97. The van der Waals surface area contributed by atoms with E-state index in [0.717, 1.165) is 12.8 Å². The maximum absolute atomic E-state index is 13.4. The Morgan fingerprint density at radius 2 is 1.93 bits per heavy atom. The van der Waals surface area contributed by atoms with E-state index >= 15 is 0 Å². The van der Waals surface area contributed by atoms with Crippen molar-refractivity contribution in [2.75, 3.05) is 13.7 Å². The molecule has 0 aliphatic carbocycles. The number of rotatable bonds is 9. The summed E-state index contributed by atoms with van der Waals surface area (Å²) in [6, 6.07) is -1.76. The van der Waals surface area contributed by atoms with Crippen molar-refractivity contribution in [3.8, 4) is 0 Å². The fourth-order valence-corrected chi connectivity index (χ4v) is 3.77. The average molecular weight is 427 g/mol. The standard InChI is InChI=1S/C22H38N2O6/c1-8-9-10-14(2)11-15(3)18(23-21(28)30-22(4,5)6)19(26)24-13-16(25)12-17(24)20(27)29-7/h8,14-18,25H,1,9-13H2,2-7H3,(H,23,28)/t14?,15-,16?,17?,18-/m1/s1. The van der Waals surface area contributed by atoms with Gasteiger partial charge < -0.3 is 24.8 Å². The number of aliphatic hydroxyl groups excluding tert-OH is 1. The molecule has 0 aromatic carbocycles. The van der Waals surface area contributed by atoms with E-state index < -0.39 is 41.8 Å². The van der Waals surface area contributed by atoms with Crippen LogP contribution >= 0.6 is 0 Å². The third-order valence-electron chi connectivity index (χ3n) is 5.18. The monoisotopic (exact) mass is 426 g/mol. The zero-order valence-electron chi connectivity index (χ0n) is 19.1. The normalized spacial score (nSPS) is 22.0. The van der Waals surface area contributed by atoms with E-state index in [-0.39, 0.29) is 18.9 Å². The van der Waals surface area contributed by atoms with E-state index in [9.17, 15) is 19.5 Å². The van der Waals surface area contributed by atoms with Crippen LogP contribution in [0, 0.1) is 11.8 Å². The Bertz CT molecular complexity index is 615. The van der Waals surface area contributed by atoms with Crippen molar-refractivity contribution in [1.82, 2.24) is 10.2 Å². The fourth-order valence-electron chi connectivity index (χ4n) is 3.77. The first-order valence-corrected chi connectivity index (χ1v) is 10.6. The molecule has 3 unspecified atom stereocenters. The lowest BCUT2D eigenvalue weighted by atomic mass is 9.88. The topological polar surface area (TPSA) is 105 Å². The number of carbonyl (C=O) groups excluding carboxylic acids is 3. The molecule has 8 nitrogen and oxygen atoms in total. The second-order valence-corrected chi connectivity index (χ2v) is 9.23. The van der Waals surface area contributed by atoms with Gasteiger partial charge in [0.1, 0.15) is 17.7 Å². The molecule has 1 aliphatic heterocycles. The minimum Gasteiger partial charge on any atom is -0.467 e. The quantitative estimate of drug-likeness (QED) is 0.434. The van der Waals surface area contributed by atoms with Gasteiger partial charge in [0.25, 0.3) is 0 Å². The zero-order chi connectivity index (χ0) is 23.1. The fraction of sp³-hybridized carbons (Fsp3) is 0.773. The summed E-state index contributed by atoms with van der Waals surface area (Å²) < 4.78 is 10.1. The molecule has 5 atom stereocenters. The van der Waals surface area contributed by atoms with Crippen LogP contribution in [0.2, 0.25) is 0 Å². The Kier molecular flexibility index (Phi) is 9.81. The summed E-state index contributed by atoms with van der Waals surface area (Å²) in [5.41, 5.74) is -0.712. The summed E-state index contributed by atoms with van der Waals surface area (Å²) in [7, 11) is 1.25. The molecule has 0 saturated carbocycles. The zero-order valence-corrected chi connectivity index (χ0v) is 19.1. The van der Waals surface area contributed by atoms with Crippen LogP contribution in [0.3, 0.4) is 0 Å². The highest BCUT2D eigenvalue weighted by molar-refractivity contribution is 5.90. The summed E-state index contributed by atoms with van der Waals surface area (Å²) in [6.07, 6.45) is 2.95. The first-order valence-electron chi connectivity index (χ1n) is 10.6. The average Bonchev–Trinajstić information content (AvgIpc) is 3.03. The summed E-state index contributed by atoms with van der Waals surface area (Å²) in [6.45, 7) is 13.0. The summed E-state index contributed by atoms with van der Waals surface area (Å²) >= 11 is 0. The Morgan fingerprint density at radius 1 is 1.30 bits per heavy atom. The van der Waals surface area contributed by atoms with Gasteiger partial charge in [-0.15, -0.1) is 6.58 Å². The van der Waals surface area contributed by atoms with E-state index in [2.05, 4.69) is 18.8 Å². The van der Waals surface area contributed by atoms with Crippen molar-refractivity contribution in [2.24, 2.45) is 11.8 Å². The van der Waals surface area contributed by atoms with Crippen LogP contribution in [-0.4, -0.2) is 65.4 Å². The van der Waals surface area contributed by atoms with E-state index in [1.807, 2.05) is 13.0 Å². The van der Waals surface area contributed by atoms with Gasteiger partial charge in [0, 0.05) is 13.0 Å². The summed E-state index contributed by atoms with van der Waals surface area (Å²) in [4.78, 5) is 39.2. The van der Waals surface area contributed by atoms with Gasteiger partial charge in [-0.1, -0.05) is 19.9 Å². The molecule has 172 valence electrons. The number of amides is 2. The molecule has 30 heavy (non-hydrogen) atoms. The largest absolute Gasteiger partial charge is 0.467 e. The molecule has 8 heteroatoms. The minimum absolute atomic E-state index is 0.0177. The number of carbonyl (C=O) groups is 3. The minimum atomic E-state index is -0.886. The number of β-amino-alcohol motifs (C(OH)–C–C–N with tert-alkyl or cyclic N) is 1. The molecule has 0 aromatic rings. The van der Waals surface area contributed by atoms with Crippen molar-refractivity contribution in [3.05, 3.63) is 12.7 Å². The predicted octanol–water partition coefficient (Wildman–Crippen LogP) is 2.64. The number of allylic oxidation sites excluding steroid dienone is 1. The van der Waals surface area contributed by atoms with Crippen LogP contribution in [0.4, 0.5) is 4.79 Å². The number of hydrogen-bond donors (Lipinski definition) is 2. The van der Waals surface area contributed by atoms with Gasteiger partial charge in [0.05, 0.1) is 13.2 Å². The van der Waals surface area contributed by atoms with Crippen LogP contribution in [0.5, 0.6) is 0 Å². The number of likely N-dealkylation sites (tertiary alicyclic amines) is 1. The molecule has 0 spiro atoms. The summed E-state index contributed by atoms with van der Waals surface area (Å²) in [5.74, 6) is -0.894. The van der Waals surface area contributed by atoms with Crippen LogP contribution in [0.15, 0.2) is 12.7 Å². The molecule has 1 aliphatic rings. The van der Waals surface area contributed by atoms with Crippen molar-refractivity contribution >= 4 is 18.0 Å². The Hall–Kier alpha value is -2.09. The number of ether oxygens (including phenoxy) is 2. The Morgan fingerprint density at radius 3 is 2.47 bits per heavy atom. The van der Waals surface area contributed by atoms with Gasteiger partial charge in [-0.3, -0.25) is 4.79 Å². The lowest BCUT2D eigenvalue weighted by Crippen LogP contribution is -2.55. The van der Waals surface area contributed by atoms with Crippen LogP contribution in [-0.2, 0) is 19.1 Å². The maximum Gasteiger partial charge on any atom is 0.408 e. The van der Waals surface area contributed by atoms with Crippen molar-refractivity contribution < 1.29 is 29.0 Å². The molecular weight excluding hydrogens is 388 g/mol. The van der Waals surface area contributed by atoms with E-state index in [4.69, 9.17) is 9.47 Å². The SMILES string of the molecule is C=CCCC(C)C[C@@H](C)[C@@H](NC(=O)OC(C)(C)C)C(=O)N1CC(O)CC1C(=O)OC. The lowest BCUT2D eigenvalue weighted by molar-refractivity contribution is -0.152. The first kappa shape index (κ1) is 25.9. The van der Waals surface area contributed by atoms with Crippen LogP contribution < -0.4 is 5.32 Å². The van der Waals surface area contributed by atoms with E-state index in [0.29, 0.717) is 12.3 Å². The van der Waals surface area contributed by atoms with Gasteiger partial charge >= 0.3 is 12.1 Å². The van der Waals surface area contributed by atoms with Gasteiger partial charge in [0.15, 0.2) is 0 Å². The second kappa shape index (κ2) is 11.3. The highest BCUT2D eigenvalue weighted by Gasteiger charge is 2.43. The predicted molar refractivity (Wildman–Crippen MR) is 114 cm³/mol. The number of hydrogen-bond acceptors (Lipinski definition) is 6. The van der Waals surface area contributed by atoms with E-state index in [1.54, 1.807) is 20.8 Å². The number of esters is 1. The molecule has 1 fully saturated rings. The molecular formula is C22H38N2O6. The van der Waals surface area contributed by atoms with Gasteiger partial charge in [0.2, 0.25) is 5.91 Å². The molecule has 0 radical (unpaired) electrons. The van der Waals surface area contributed by atoms with Gasteiger partial charge in [-0.2, -0.15) is 0 Å². The molecule has 1 saturated heterocycles. The molecule has 1 heterocycles. The smallest absolute Gasteiger partial charge is 0.408 e.